The number of anilines is 1. The van der Waals surface area contributed by atoms with Crippen molar-refractivity contribution in [2.45, 2.75) is 43.4 Å². The number of hydrogen-bond acceptors (Lipinski definition) is 3. The number of thioether (sulfide) groups is 1. The van der Waals surface area contributed by atoms with E-state index in [-0.39, 0.29) is 5.41 Å². The van der Waals surface area contributed by atoms with Crippen LogP contribution in [0.25, 0.3) is 0 Å². The summed E-state index contributed by atoms with van der Waals surface area (Å²) in [6.07, 6.45) is 0. The Hall–Kier alpha value is -1.07. The molecule has 0 fully saturated rings. The number of thiophene rings is 1. The van der Waals surface area contributed by atoms with Gasteiger partial charge in [-0.05, 0) is 41.8 Å². The van der Waals surface area contributed by atoms with Gasteiger partial charge in [0.2, 0.25) is 0 Å². The van der Waals surface area contributed by atoms with Crippen molar-refractivity contribution in [1.29, 1.82) is 0 Å². The zero-order valence-electron chi connectivity index (χ0n) is 12.3. The van der Waals surface area contributed by atoms with Crippen LogP contribution in [0.5, 0.6) is 0 Å². The van der Waals surface area contributed by atoms with Gasteiger partial charge in [-0.1, -0.05) is 32.5 Å². The molecule has 21 heavy (non-hydrogen) atoms. The standard InChI is InChI=1S/C16H19F2NS2/c1-16(2,3)14-9-8-13(20-14)10-19-11-4-6-12(7-5-11)21-15(17)18/h4-9,15,19H,10H2,1-3H3. The molecular formula is C16H19F2NS2. The Labute approximate surface area is 132 Å². The summed E-state index contributed by atoms with van der Waals surface area (Å²) in [6, 6.07) is 11.4. The number of nitrogens with one attached hydrogen (secondary N) is 1. The minimum Gasteiger partial charge on any atom is -0.380 e. The third-order valence-corrected chi connectivity index (χ3v) is 5.18. The van der Waals surface area contributed by atoms with Crippen LogP contribution >= 0.6 is 23.1 Å². The molecule has 1 N–H and O–H groups in total. The van der Waals surface area contributed by atoms with Crippen molar-refractivity contribution in [1.82, 2.24) is 0 Å². The number of hydrogen-bond donors (Lipinski definition) is 1. The van der Waals surface area contributed by atoms with Gasteiger partial charge in [-0.15, -0.1) is 11.3 Å². The Morgan fingerprint density at radius 3 is 2.29 bits per heavy atom. The van der Waals surface area contributed by atoms with Crippen LogP contribution in [0.2, 0.25) is 0 Å². The van der Waals surface area contributed by atoms with Gasteiger partial charge in [-0.25, -0.2) is 0 Å². The number of rotatable bonds is 5. The van der Waals surface area contributed by atoms with Gasteiger partial charge in [0.25, 0.3) is 5.76 Å². The summed E-state index contributed by atoms with van der Waals surface area (Å²) in [4.78, 5) is 3.22. The van der Waals surface area contributed by atoms with E-state index in [1.165, 1.54) is 9.75 Å². The molecule has 0 atom stereocenters. The van der Waals surface area contributed by atoms with Crippen molar-refractivity contribution < 1.29 is 8.78 Å². The Kier molecular flexibility index (Phi) is 5.27. The second-order valence-electron chi connectivity index (χ2n) is 5.77. The van der Waals surface area contributed by atoms with E-state index < -0.39 is 5.76 Å². The molecule has 1 heterocycles. The first-order chi connectivity index (χ1) is 9.84. The van der Waals surface area contributed by atoms with Gasteiger partial charge in [0.05, 0.1) is 0 Å². The fourth-order valence-corrected chi connectivity index (χ4v) is 3.32. The summed E-state index contributed by atoms with van der Waals surface area (Å²) in [7, 11) is 0. The van der Waals surface area contributed by atoms with E-state index in [9.17, 15) is 8.78 Å². The number of alkyl halides is 2. The van der Waals surface area contributed by atoms with Crippen LogP contribution in [0, 0.1) is 0 Å². The second-order valence-corrected chi connectivity index (χ2v) is 8.00. The fraction of sp³-hybridized carbons (Fsp3) is 0.375. The van der Waals surface area contributed by atoms with Crippen LogP contribution in [0.3, 0.4) is 0 Å². The van der Waals surface area contributed by atoms with Gasteiger partial charge < -0.3 is 5.32 Å². The molecule has 0 saturated carbocycles. The van der Waals surface area contributed by atoms with E-state index in [1.54, 1.807) is 23.5 Å². The molecule has 0 bridgehead atoms. The molecule has 1 nitrogen and oxygen atoms in total. The highest BCUT2D eigenvalue weighted by molar-refractivity contribution is 7.99. The van der Waals surface area contributed by atoms with E-state index in [2.05, 4.69) is 38.2 Å². The van der Waals surface area contributed by atoms with Crippen LogP contribution in [0.15, 0.2) is 41.3 Å². The van der Waals surface area contributed by atoms with Crippen LogP contribution in [-0.4, -0.2) is 5.76 Å². The van der Waals surface area contributed by atoms with Gasteiger partial charge in [0, 0.05) is 26.9 Å². The third kappa shape index (κ3) is 5.00. The molecule has 2 rings (SSSR count). The topological polar surface area (TPSA) is 12.0 Å². The summed E-state index contributed by atoms with van der Waals surface area (Å²) >= 11 is 2.37. The maximum atomic E-state index is 12.2. The molecule has 0 aliphatic carbocycles. The molecule has 0 aliphatic heterocycles. The van der Waals surface area contributed by atoms with E-state index in [4.69, 9.17) is 0 Å². The predicted octanol–water partition coefficient (Wildman–Crippen LogP) is 5.97. The highest BCUT2D eigenvalue weighted by Crippen LogP contribution is 2.30. The molecule has 0 amide bonds. The average Bonchev–Trinajstić information content (AvgIpc) is 2.86. The van der Waals surface area contributed by atoms with Gasteiger partial charge >= 0.3 is 0 Å². The zero-order valence-corrected chi connectivity index (χ0v) is 14.0. The molecule has 0 spiro atoms. The van der Waals surface area contributed by atoms with Crippen molar-refractivity contribution in [3.63, 3.8) is 0 Å². The van der Waals surface area contributed by atoms with Gasteiger partial charge in [-0.2, -0.15) is 8.78 Å². The molecule has 2 aromatic rings. The van der Waals surface area contributed by atoms with Gasteiger partial charge in [0.15, 0.2) is 0 Å². The summed E-state index contributed by atoms with van der Waals surface area (Å²) < 4.78 is 24.5. The minimum absolute atomic E-state index is 0.178. The maximum Gasteiger partial charge on any atom is 0.288 e. The smallest absolute Gasteiger partial charge is 0.288 e. The number of benzene rings is 1. The summed E-state index contributed by atoms with van der Waals surface area (Å²) in [5.41, 5.74) is 1.12. The Morgan fingerprint density at radius 2 is 1.76 bits per heavy atom. The van der Waals surface area contributed by atoms with Gasteiger partial charge in [0.1, 0.15) is 0 Å². The highest BCUT2D eigenvalue weighted by Gasteiger charge is 2.15. The van der Waals surface area contributed by atoms with Crippen LogP contribution in [0.4, 0.5) is 14.5 Å². The molecule has 1 aromatic heterocycles. The lowest BCUT2D eigenvalue weighted by molar-refractivity contribution is 0.252. The normalized spacial score (nSPS) is 11.9. The lowest BCUT2D eigenvalue weighted by Crippen LogP contribution is -2.07. The summed E-state index contributed by atoms with van der Waals surface area (Å²) in [5, 5.41) is 3.32. The van der Waals surface area contributed by atoms with Crippen molar-refractivity contribution in [2.75, 3.05) is 5.32 Å². The van der Waals surface area contributed by atoms with E-state index >= 15 is 0 Å². The molecule has 5 heteroatoms. The molecular weight excluding hydrogens is 308 g/mol. The highest BCUT2D eigenvalue weighted by atomic mass is 32.2. The Morgan fingerprint density at radius 1 is 1.10 bits per heavy atom. The SMILES string of the molecule is CC(C)(C)c1ccc(CNc2ccc(SC(F)F)cc2)s1. The fourth-order valence-electron chi connectivity index (χ4n) is 1.82. The molecule has 0 unspecified atom stereocenters. The Balaban J connectivity index is 1.92. The zero-order chi connectivity index (χ0) is 15.5. The average molecular weight is 327 g/mol. The first-order valence-electron chi connectivity index (χ1n) is 6.72. The lowest BCUT2D eigenvalue weighted by atomic mass is 9.95. The van der Waals surface area contributed by atoms with Crippen molar-refractivity contribution in [2.24, 2.45) is 0 Å². The van der Waals surface area contributed by atoms with Crippen molar-refractivity contribution in [3.8, 4) is 0 Å². The van der Waals surface area contributed by atoms with E-state index in [0.29, 0.717) is 16.7 Å². The lowest BCUT2D eigenvalue weighted by Gasteiger charge is -2.15. The quantitative estimate of drug-likeness (QED) is 0.679. The molecule has 0 saturated heterocycles. The van der Waals surface area contributed by atoms with E-state index in [1.807, 2.05) is 12.1 Å². The summed E-state index contributed by atoms with van der Waals surface area (Å²) in [5.74, 6) is -2.37. The van der Waals surface area contributed by atoms with Crippen LogP contribution in [-0.2, 0) is 12.0 Å². The summed E-state index contributed by atoms with van der Waals surface area (Å²) in [6.45, 7) is 7.36. The van der Waals surface area contributed by atoms with E-state index in [0.717, 1.165) is 12.2 Å². The largest absolute Gasteiger partial charge is 0.380 e. The first kappa shape index (κ1) is 16.3. The van der Waals surface area contributed by atoms with Crippen molar-refractivity contribution in [3.05, 3.63) is 46.2 Å². The maximum absolute atomic E-state index is 12.2. The predicted molar refractivity (Wildman–Crippen MR) is 88.6 cm³/mol. The Bertz CT molecular complexity index is 571. The number of halogens is 2. The first-order valence-corrected chi connectivity index (χ1v) is 8.42. The molecule has 0 aliphatic rings. The van der Waals surface area contributed by atoms with Crippen molar-refractivity contribution >= 4 is 28.8 Å². The third-order valence-electron chi connectivity index (χ3n) is 2.95. The van der Waals surface area contributed by atoms with Crippen LogP contribution in [0.1, 0.15) is 30.5 Å². The van der Waals surface area contributed by atoms with Gasteiger partial charge in [-0.3, -0.25) is 0 Å². The molecule has 114 valence electrons. The molecule has 0 radical (unpaired) electrons. The minimum atomic E-state index is -2.37. The van der Waals surface area contributed by atoms with Crippen LogP contribution < -0.4 is 5.32 Å². The second kappa shape index (κ2) is 6.79. The molecule has 1 aromatic carbocycles. The monoisotopic (exact) mass is 327 g/mol.